The molecule has 0 N–H and O–H groups in total. The van der Waals surface area contributed by atoms with Crippen molar-refractivity contribution in [2.24, 2.45) is 0 Å². The van der Waals surface area contributed by atoms with Gasteiger partial charge in [0.2, 0.25) is 0 Å². The van der Waals surface area contributed by atoms with E-state index in [2.05, 4.69) is 237 Å². The first-order chi connectivity index (χ1) is 59.1. The molecule has 0 aromatic heterocycles. The fourth-order valence-corrected chi connectivity index (χ4v) is 27.5. The molecule has 0 saturated heterocycles. The van der Waals surface area contributed by atoms with E-state index >= 15 is 0 Å². The van der Waals surface area contributed by atoms with E-state index in [-0.39, 0.29) is 32.7 Å². The van der Waals surface area contributed by atoms with Crippen LogP contribution in [0.3, 0.4) is 0 Å². The lowest BCUT2D eigenvalue weighted by molar-refractivity contribution is 0.462. The summed E-state index contributed by atoms with van der Waals surface area (Å²) in [5.74, 6) is 4.44. The normalized spacial score (nSPS) is 19.6. The predicted molar refractivity (Wildman–Crippen MR) is 519 cm³/mol. The highest BCUT2D eigenvalue weighted by Gasteiger charge is 2.34. The van der Waals surface area contributed by atoms with E-state index in [4.69, 9.17) is 0 Å². The average molecular weight is 1650 g/mol. The third-order valence-electron chi connectivity index (χ3n) is 28.6. The molecule has 6 fully saturated rings. The van der Waals surface area contributed by atoms with E-state index in [0.717, 1.165) is 35.5 Å². The van der Waals surface area contributed by atoms with Crippen molar-refractivity contribution in [1.82, 2.24) is 0 Å². The first kappa shape index (κ1) is 90.7. The fourth-order valence-electron chi connectivity index (χ4n) is 21.4. The van der Waals surface area contributed by atoms with Crippen molar-refractivity contribution >= 4 is 32.7 Å². The first-order valence-corrected chi connectivity index (χ1v) is 53.8. The fraction of sp³-hybridized carbons (Fsp3) is 0.534. The highest BCUT2D eigenvalue weighted by Crippen LogP contribution is 2.43. The zero-order valence-corrected chi connectivity index (χ0v) is 76.8. The van der Waals surface area contributed by atoms with Crippen molar-refractivity contribution in [3.8, 4) is 0 Å². The molecule has 0 spiro atoms. The van der Waals surface area contributed by atoms with Gasteiger partial charge in [-0.15, -0.1) is 0 Å². The summed E-state index contributed by atoms with van der Waals surface area (Å²) in [7, 11) is -0.195. The Kier molecular flexibility index (Phi) is 40.6. The SMILES string of the molecule is c1cc([S+](c2ccc(C3CCCCCCCCC3)cc2)c2ccc(C3CCCCCCCCC3)cc2)ccc1C1CCCCCCCCC1.c1ccc([S+](c2ccc(C3CCCCCCCCC3)cc2)c2ccc(C3CCCCCCCCC3)cc2)cc1.c1ccc([S+](c2ccccc2)c2ccc(C3CCCCCCCCCCC3)cc2)cc1. The summed E-state index contributed by atoms with van der Waals surface area (Å²) in [5.41, 5.74) is 9.47. The molecule has 6 aliphatic carbocycles. The summed E-state index contributed by atoms with van der Waals surface area (Å²) < 4.78 is 0. The van der Waals surface area contributed by atoms with Gasteiger partial charge in [0.05, 0.1) is 32.7 Å². The van der Waals surface area contributed by atoms with Crippen LogP contribution in [0.4, 0.5) is 0 Å². The van der Waals surface area contributed by atoms with Crippen molar-refractivity contribution in [3.05, 3.63) is 270 Å². The van der Waals surface area contributed by atoms with E-state index in [1.807, 2.05) is 0 Å². The lowest BCUT2D eigenvalue weighted by atomic mass is 9.87. The lowest BCUT2D eigenvalue weighted by Crippen LogP contribution is -2.08. The molecule has 6 aliphatic rings. The maximum absolute atomic E-state index is 2.52. The van der Waals surface area contributed by atoms with Gasteiger partial charge in [0.25, 0.3) is 0 Å². The standard InChI is InChI=1S/C48H69S.C38H51S.C30H37S/c1-4-10-16-22-40(23-17-11-5-1)43-28-34-46(35-29-43)49(47-36-30-44(31-37-47)41-24-18-12-6-2-7-13-19-25-41)48-38-32-45(33-39-48)42-26-20-14-8-3-9-15-21-27-42;1-3-7-12-18-32(19-13-8-4-1)34-24-28-37(29-25-34)39(36-22-16-11-17-23-36)38-30-26-35(27-31-38)33-20-14-9-5-2-6-10-15-21-33;1-2-4-6-10-16-26(17-11-7-5-3-1)27-22-24-30(25-23-27)31(28-18-12-8-13-19-28)29-20-14-9-15-21-29/h28-42H,1-27H2;11,16-17,22-33H,1-10,12-15,18-21H2;8-9,12-15,18-26H,1-7,10-11,16-17H2/q3*+1. The highest BCUT2D eigenvalue weighted by atomic mass is 32.2. The summed E-state index contributed by atoms with van der Waals surface area (Å²) in [6, 6.07) is 92.9. The Balaban J connectivity index is 0.000000159. The summed E-state index contributed by atoms with van der Waals surface area (Å²) in [5, 5.41) is 0. The van der Waals surface area contributed by atoms with Crippen molar-refractivity contribution < 1.29 is 0 Å². The van der Waals surface area contributed by atoms with Crippen LogP contribution in [-0.2, 0) is 32.7 Å². The van der Waals surface area contributed by atoms with E-state index in [1.54, 1.807) is 33.4 Å². The van der Waals surface area contributed by atoms with E-state index < -0.39 is 0 Å². The van der Waals surface area contributed by atoms with Gasteiger partial charge in [0, 0.05) is 0 Å². The van der Waals surface area contributed by atoms with Crippen molar-refractivity contribution in [2.75, 3.05) is 0 Å². The molecule has 0 amide bonds. The first-order valence-electron chi connectivity index (χ1n) is 50.1. The molecule has 15 rings (SSSR count). The molecule has 0 nitrogen and oxygen atoms in total. The molecular weight excluding hydrogens is 1490 g/mol. The van der Waals surface area contributed by atoms with Gasteiger partial charge in [-0.2, -0.15) is 0 Å². The van der Waals surface area contributed by atoms with Crippen LogP contribution in [0.2, 0.25) is 0 Å². The molecule has 0 unspecified atom stereocenters. The number of rotatable bonds is 15. The number of benzene rings is 9. The monoisotopic (exact) mass is 1650 g/mol. The second kappa shape index (κ2) is 53.3. The minimum absolute atomic E-state index is 0.0433. The maximum Gasteiger partial charge on any atom is 0.166 e. The van der Waals surface area contributed by atoms with Gasteiger partial charge < -0.3 is 0 Å². The van der Waals surface area contributed by atoms with Crippen LogP contribution in [0.25, 0.3) is 0 Å². The van der Waals surface area contributed by atoms with Crippen LogP contribution in [0.5, 0.6) is 0 Å². The van der Waals surface area contributed by atoms with Crippen molar-refractivity contribution in [1.29, 1.82) is 0 Å². The molecule has 6 saturated carbocycles. The molecule has 9 aromatic carbocycles. The molecule has 119 heavy (non-hydrogen) atoms. The Hall–Kier alpha value is -5.97. The lowest BCUT2D eigenvalue weighted by Gasteiger charge is -2.20. The maximum atomic E-state index is 2.52. The van der Waals surface area contributed by atoms with E-state index in [9.17, 15) is 0 Å². The van der Waals surface area contributed by atoms with E-state index in [0.29, 0.717) is 0 Å². The van der Waals surface area contributed by atoms with Crippen LogP contribution >= 0.6 is 0 Å². The molecule has 0 atom stereocenters. The molecule has 636 valence electrons. The number of hydrogen-bond acceptors (Lipinski definition) is 0. The molecular formula is C116H157S3+3. The third kappa shape index (κ3) is 30.2. The van der Waals surface area contributed by atoms with Crippen molar-refractivity contribution in [2.45, 2.75) is 439 Å². The highest BCUT2D eigenvalue weighted by molar-refractivity contribution is 7.97. The van der Waals surface area contributed by atoms with Gasteiger partial charge in [0.1, 0.15) is 0 Å². The van der Waals surface area contributed by atoms with Crippen LogP contribution in [0.1, 0.15) is 428 Å². The van der Waals surface area contributed by atoms with Gasteiger partial charge in [-0.25, -0.2) is 0 Å². The van der Waals surface area contributed by atoms with Crippen LogP contribution in [0, 0.1) is 0 Å². The molecule has 0 radical (unpaired) electrons. The summed E-state index contributed by atoms with van der Waals surface area (Å²) in [6.45, 7) is 0. The Bertz CT molecular complexity index is 3750. The molecule has 3 heteroatoms. The summed E-state index contributed by atoms with van der Waals surface area (Å²) >= 11 is 0. The Morgan fingerprint density at radius 2 is 0.210 bits per heavy atom. The van der Waals surface area contributed by atoms with Crippen LogP contribution < -0.4 is 0 Å². The van der Waals surface area contributed by atoms with Crippen LogP contribution in [0.15, 0.2) is 281 Å². The quantitative estimate of drug-likeness (QED) is 0.0898. The van der Waals surface area contributed by atoms with Gasteiger partial charge in [-0.3, -0.25) is 0 Å². The Labute approximate surface area is 736 Å². The Morgan fingerprint density at radius 1 is 0.109 bits per heavy atom. The predicted octanol–water partition coefficient (Wildman–Crippen LogP) is 36.8. The van der Waals surface area contributed by atoms with Gasteiger partial charge in [-0.1, -0.05) is 410 Å². The molecule has 0 aliphatic heterocycles. The zero-order chi connectivity index (χ0) is 81.0. The van der Waals surface area contributed by atoms with Gasteiger partial charge >= 0.3 is 0 Å². The second-order valence-corrected chi connectivity index (χ2v) is 43.6. The topological polar surface area (TPSA) is 0 Å². The average Bonchev–Trinajstić information content (AvgIpc) is 0.806. The van der Waals surface area contributed by atoms with Gasteiger partial charge in [0.15, 0.2) is 44.1 Å². The van der Waals surface area contributed by atoms with Gasteiger partial charge in [-0.05, 0) is 255 Å². The third-order valence-corrected chi connectivity index (χ3v) is 35.3. The molecule has 9 aromatic rings. The summed E-state index contributed by atoms with van der Waals surface area (Å²) in [6.07, 6.45) is 79.1. The van der Waals surface area contributed by atoms with Crippen molar-refractivity contribution in [3.63, 3.8) is 0 Å². The van der Waals surface area contributed by atoms with Crippen LogP contribution in [-0.4, -0.2) is 0 Å². The molecule has 0 heterocycles. The smallest absolute Gasteiger partial charge is 0.0619 e. The zero-order valence-electron chi connectivity index (χ0n) is 74.3. The van der Waals surface area contributed by atoms with E-state index in [1.165, 1.54) is 404 Å². The second-order valence-electron chi connectivity index (χ2n) is 37.5. The number of hydrogen-bond donors (Lipinski definition) is 0. The minimum Gasteiger partial charge on any atom is -0.0619 e. The molecule has 0 bridgehead atoms. The Morgan fingerprint density at radius 3 is 0.328 bits per heavy atom. The minimum atomic E-state index is -0.0881. The largest absolute Gasteiger partial charge is 0.166 e. The summed E-state index contributed by atoms with van der Waals surface area (Å²) in [4.78, 5) is 13.0.